The van der Waals surface area contributed by atoms with Gasteiger partial charge < -0.3 is 4.74 Å². The monoisotopic (exact) mass is 401 g/mol. The molecule has 0 amide bonds. The molecule has 0 N–H and O–H groups in total. The van der Waals surface area contributed by atoms with E-state index in [1.165, 1.54) is 4.31 Å². The first-order chi connectivity index (χ1) is 12.6. The third kappa shape index (κ3) is 4.14. The number of fused-ring (bicyclic) bond motifs is 1. The SMILES string of the molecule is C=CS(=O)(=O)N1CCc2cc(Oc3ccc(C(F)(F)F)c(F)c3)ccc2C1. The topological polar surface area (TPSA) is 46.6 Å². The van der Waals surface area contributed by atoms with Gasteiger partial charge in [0.2, 0.25) is 10.0 Å². The van der Waals surface area contributed by atoms with Crippen molar-refractivity contribution in [3.63, 3.8) is 0 Å². The highest BCUT2D eigenvalue weighted by Crippen LogP contribution is 2.34. The van der Waals surface area contributed by atoms with Gasteiger partial charge in [-0.25, -0.2) is 12.8 Å². The highest BCUT2D eigenvalue weighted by atomic mass is 32.2. The Labute approximate surface area is 153 Å². The third-order valence-electron chi connectivity index (χ3n) is 4.21. The standard InChI is InChI=1S/C18H15F4NO3S/c1-2-27(24,25)23-8-7-12-9-14(4-3-13(12)11-23)26-15-5-6-16(17(19)10-15)18(20,21)22/h2-6,9-10H,1,7-8,11H2. The highest BCUT2D eigenvalue weighted by Gasteiger charge is 2.34. The van der Waals surface area contributed by atoms with Crippen LogP contribution in [0.5, 0.6) is 11.5 Å². The van der Waals surface area contributed by atoms with Crippen molar-refractivity contribution in [1.82, 2.24) is 4.31 Å². The summed E-state index contributed by atoms with van der Waals surface area (Å²) in [6, 6.07) is 7.25. The van der Waals surface area contributed by atoms with Crippen molar-refractivity contribution in [3.8, 4) is 11.5 Å². The van der Waals surface area contributed by atoms with Gasteiger partial charge in [-0.2, -0.15) is 17.5 Å². The molecule has 1 aliphatic heterocycles. The lowest BCUT2D eigenvalue weighted by molar-refractivity contribution is -0.140. The van der Waals surface area contributed by atoms with Crippen molar-refractivity contribution in [3.05, 3.63) is 70.9 Å². The van der Waals surface area contributed by atoms with E-state index in [-0.39, 0.29) is 18.8 Å². The second-order valence-electron chi connectivity index (χ2n) is 5.97. The lowest BCUT2D eigenvalue weighted by Gasteiger charge is -2.27. The van der Waals surface area contributed by atoms with Crippen LogP contribution < -0.4 is 4.74 Å². The first-order valence-corrected chi connectivity index (χ1v) is 9.39. The number of hydrogen-bond acceptors (Lipinski definition) is 3. The molecule has 0 saturated carbocycles. The van der Waals surface area contributed by atoms with Gasteiger partial charge >= 0.3 is 6.18 Å². The van der Waals surface area contributed by atoms with Crippen molar-refractivity contribution in [2.24, 2.45) is 0 Å². The van der Waals surface area contributed by atoms with Crippen LogP contribution in [0.3, 0.4) is 0 Å². The number of halogens is 4. The minimum atomic E-state index is -4.77. The number of nitrogens with zero attached hydrogens (tertiary/aromatic N) is 1. The van der Waals surface area contributed by atoms with E-state index in [1.54, 1.807) is 18.2 Å². The Bertz CT molecular complexity index is 987. The molecule has 0 fully saturated rings. The third-order valence-corrected chi connectivity index (χ3v) is 5.66. The molecule has 144 valence electrons. The van der Waals surface area contributed by atoms with E-state index >= 15 is 0 Å². The first-order valence-electron chi connectivity index (χ1n) is 7.89. The molecular formula is C18H15F4NO3S. The van der Waals surface area contributed by atoms with E-state index < -0.39 is 27.6 Å². The quantitative estimate of drug-likeness (QED) is 0.711. The number of hydrogen-bond donors (Lipinski definition) is 0. The Morgan fingerprint density at radius 1 is 1.07 bits per heavy atom. The largest absolute Gasteiger partial charge is 0.457 e. The van der Waals surface area contributed by atoms with E-state index in [0.717, 1.165) is 22.6 Å². The molecule has 0 spiro atoms. The van der Waals surface area contributed by atoms with Crippen LogP contribution in [0.2, 0.25) is 0 Å². The number of sulfonamides is 1. The van der Waals surface area contributed by atoms with Gasteiger partial charge in [0.1, 0.15) is 17.3 Å². The zero-order valence-electron chi connectivity index (χ0n) is 14.0. The van der Waals surface area contributed by atoms with E-state index in [1.807, 2.05) is 0 Å². The smallest absolute Gasteiger partial charge is 0.419 e. The molecule has 0 unspecified atom stereocenters. The highest BCUT2D eigenvalue weighted by molar-refractivity contribution is 7.91. The van der Waals surface area contributed by atoms with E-state index in [0.29, 0.717) is 24.3 Å². The maximum absolute atomic E-state index is 13.6. The van der Waals surface area contributed by atoms with Gasteiger partial charge in [-0.1, -0.05) is 12.6 Å². The number of rotatable bonds is 4. The molecule has 0 atom stereocenters. The van der Waals surface area contributed by atoms with Crippen molar-refractivity contribution in [1.29, 1.82) is 0 Å². The van der Waals surface area contributed by atoms with E-state index in [2.05, 4.69) is 6.58 Å². The van der Waals surface area contributed by atoms with Crippen LogP contribution in [0, 0.1) is 5.82 Å². The molecule has 0 aliphatic carbocycles. The number of benzene rings is 2. The van der Waals surface area contributed by atoms with Crippen LogP contribution in [-0.4, -0.2) is 19.3 Å². The second-order valence-corrected chi connectivity index (χ2v) is 7.85. The lowest BCUT2D eigenvalue weighted by Crippen LogP contribution is -2.34. The fraction of sp³-hybridized carbons (Fsp3) is 0.222. The maximum atomic E-state index is 13.6. The zero-order chi connectivity index (χ0) is 19.8. The molecule has 9 heteroatoms. The van der Waals surface area contributed by atoms with Crippen LogP contribution in [-0.2, 0) is 29.2 Å². The number of ether oxygens (including phenoxy) is 1. The van der Waals surface area contributed by atoms with Crippen molar-refractivity contribution in [2.75, 3.05) is 6.54 Å². The molecule has 0 bridgehead atoms. The Morgan fingerprint density at radius 2 is 1.74 bits per heavy atom. The van der Waals surface area contributed by atoms with Crippen LogP contribution >= 0.6 is 0 Å². The van der Waals surface area contributed by atoms with Crippen LogP contribution in [0.1, 0.15) is 16.7 Å². The summed E-state index contributed by atoms with van der Waals surface area (Å²) >= 11 is 0. The Balaban J connectivity index is 1.79. The Kier molecular flexibility index (Phi) is 5.00. The van der Waals surface area contributed by atoms with Crippen LogP contribution in [0.15, 0.2) is 48.4 Å². The predicted molar refractivity (Wildman–Crippen MR) is 91.1 cm³/mol. The average Bonchev–Trinajstić information content (AvgIpc) is 2.60. The molecule has 0 aromatic heterocycles. The van der Waals surface area contributed by atoms with E-state index in [4.69, 9.17) is 4.74 Å². The van der Waals surface area contributed by atoms with Gasteiger partial charge in [-0.15, -0.1) is 0 Å². The van der Waals surface area contributed by atoms with Gasteiger partial charge in [0.15, 0.2) is 0 Å². The second kappa shape index (κ2) is 6.97. The van der Waals surface area contributed by atoms with Crippen LogP contribution in [0.25, 0.3) is 0 Å². The molecule has 1 aliphatic rings. The zero-order valence-corrected chi connectivity index (χ0v) is 14.8. The molecule has 2 aromatic carbocycles. The predicted octanol–water partition coefficient (Wildman–Crippen LogP) is 4.47. The summed E-state index contributed by atoms with van der Waals surface area (Å²) in [6.45, 7) is 3.77. The van der Waals surface area contributed by atoms with Gasteiger partial charge in [-0.05, 0) is 41.8 Å². The van der Waals surface area contributed by atoms with Gasteiger partial charge in [0.05, 0.1) is 5.56 Å². The Hall–Kier alpha value is -2.39. The number of alkyl halides is 3. The van der Waals surface area contributed by atoms with Crippen molar-refractivity contribution < 1.29 is 30.7 Å². The average molecular weight is 401 g/mol. The lowest BCUT2D eigenvalue weighted by atomic mass is 10.0. The normalized spacial score (nSPS) is 15.3. The van der Waals surface area contributed by atoms with E-state index in [9.17, 15) is 26.0 Å². The summed E-state index contributed by atoms with van der Waals surface area (Å²) in [4.78, 5) is 0. The van der Waals surface area contributed by atoms with Gasteiger partial charge in [-0.3, -0.25) is 0 Å². The summed E-state index contributed by atoms with van der Waals surface area (Å²) in [6.07, 6.45) is -4.33. The minimum Gasteiger partial charge on any atom is -0.457 e. The van der Waals surface area contributed by atoms with Gasteiger partial charge in [0, 0.05) is 24.6 Å². The summed E-state index contributed by atoms with van der Waals surface area (Å²) < 4.78 is 81.9. The first kappa shape index (κ1) is 19.4. The van der Waals surface area contributed by atoms with Gasteiger partial charge in [0.25, 0.3) is 0 Å². The molecular weight excluding hydrogens is 386 g/mol. The molecule has 0 radical (unpaired) electrons. The van der Waals surface area contributed by atoms with Crippen molar-refractivity contribution in [2.45, 2.75) is 19.1 Å². The molecule has 1 heterocycles. The fourth-order valence-corrected chi connectivity index (χ4v) is 3.69. The molecule has 27 heavy (non-hydrogen) atoms. The van der Waals surface area contributed by atoms with Crippen LogP contribution in [0.4, 0.5) is 17.6 Å². The molecule has 4 nitrogen and oxygen atoms in total. The fourth-order valence-electron chi connectivity index (χ4n) is 2.81. The maximum Gasteiger partial charge on any atom is 0.419 e. The minimum absolute atomic E-state index is 0.0629. The summed E-state index contributed by atoms with van der Waals surface area (Å²) in [7, 11) is -3.51. The summed E-state index contributed by atoms with van der Waals surface area (Å²) in [5.74, 6) is -1.15. The molecule has 0 saturated heterocycles. The Morgan fingerprint density at radius 3 is 2.37 bits per heavy atom. The summed E-state index contributed by atoms with van der Waals surface area (Å²) in [5.41, 5.74) is 0.289. The molecule has 2 aromatic rings. The molecule has 3 rings (SSSR count). The van der Waals surface area contributed by atoms with Crippen molar-refractivity contribution >= 4 is 10.0 Å². The summed E-state index contributed by atoms with van der Waals surface area (Å²) in [5, 5.41) is 0.897.